The van der Waals surface area contributed by atoms with Crippen molar-refractivity contribution in [2.75, 3.05) is 18.4 Å². The lowest BCUT2D eigenvalue weighted by Crippen LogP contribution is -2.49. The van der Waals surface area contributed by atoms with Crippen molar-refractivity contribution in [3.63, 3.8) is 0 Å². The zero-order chi connectivity index (χ0) is 18.0. The third-order valence-corrected chi connectivity index (χ3v) is 4.86. The molecular formula is C21H25FN2O. The molecule has 0 spiro atoms. The second kappa shape index (κ2) is 6.87. The fourth-order valence-electron chi connectivity index (χ4n) is 3.40. The van der Waals surface area contributed by atoms with Crippen molar-refractivity contribution < 1.29 is 9.18 Å². The summed E-state index contributed by atoms with van der Waals surface area (Å²) in [7, 11) is 0. The SMILES string of the molecule is Cc1ccc(NC(C)(C)C(=O)N2CCC(c3ccc(F)cc3)C2)cc1. The number of nitrogens with one attached hydrogen (secondary N) is 1. The molecule has 1 amide bonds. The van der Waals surface area contributed by atoms with E-state index < -0.39 is 5.54 Å². The van der Waals surface area contributed by atoms with Crippen LogP contribution in [-0.4, -0.2) is 29.4 Å². The number of nitrogens with zero attached hydrogens (tertiary/aromatic N) is 1. The fraction of sp³-hybridized carbons (Fsp3) is 0.381. The van der Waals surface area contributed by atoms with E-state index in [1.54, 1.807) is 0 Å². The molecule has 132 valence electrons. The van der Waals surface area contributed by atoms with Gasteiger partial charge in [-0.15, -0.1) is 0 Å². The van der Waals surface area contributed by atoms with Gasteiger partial charge in [0.05, 0.1) is 0 Å². The van der Waals surface area contributed by atoms with Crippen LogP contribution in [-0.2, 0) is 4.79 Å². The summed E-state index contributed by atoms with van der Waals surface area (Å²) < 4.78 is 13.1. The summed E-state index contributed by atoms with van der Waals surface area (Å²) in [5, 5.41) is 3.34. The summed E-state index contributed by atoms with van der Waals surface area (Å²) >= 11 is 0. The summed E-state index contributed by atoms with van der Waals surface area (Å²) in [6, 6.07) is 14.7. The van der Waals surface area contributed by atoms with Gasteiger partial charge < -0.3 is 10.2 Å². The van der Waals surface area contributed by atoms with Crippen molar-refractivity contribution in [1.82, 2.24) is 4.90 Å². The highest BCUT2D eigenvalue weighted by Gasteiger charge is 2.36. The monoisotopic (exact) mass is 340 g/mol. The molecule has 1 N–H and O–H groups in total. The number of benzene rings is 2. The molecule has 1 aliphatic heterocycles. The minimum Gasteiger partial charge on any atom is -0.372 e. The summed E-state index contributed by atoms with van der Waals surface area (Å²) in [5.41, 5.74) is 2.56. The predicted octanol–water partition coefficient (Wildman–Crippen LogP) is 4.34. The molecule has 3 rings (SSSR count). The summed E-state index contributed by atoms with van der Waals surface area (Å²) in [6.45, 7) is 7.30. The minimum absolute atomic E-state index is 0.0951. The molecule has 1 unspecified atom stereocenters. The number of hydrogen-bond donors (Lipinski definition) is 1. The van der Waals surface area contributed by atoms with Gasteiger partial charge >= 0.3 is 0 Å². The molecule has 25 heavy (non-hydrogen) atoms. The third-order valence-electron chi connectivity index (χ3n) is 4.86. The Morgan fingerprint density at radius 3 is 2.40 bits per heavy atom. The van der Waals surface area contributed by atoms with Crippen LogP contribution in [0, 0.1) is 12.7 Å². The summed E-state index contributed by atoms with van der Waals surface area (Å²) in [5.74, 6) is 0.149. The zero-order valence-electron chi connectivity index (χ0n) is 15.1. The molecule has 3 nitrogen and oxygen atoms in total. The van der Waals surface area contributed by atoms with E-state index in [1.807, 2.05) is 62.1 Å². The van der Waals surface area contributed by atoms with Gasteiger partial charge in [0.1, 0.15) is 11.4 Å². The van der Waals surface area contributed by atoms with Crippen LogP contribution in [0.4, 0.5) is 10.1 Å². The van der Waals surface area contributed by atoms with E-state index in [-0.39, 0.29) is 17.6 Å². The second-order valence-electron chi connectivity index (χ2n) is 7.40. The molecule has 1 fully saturated rings. The van der Waals surface area contributed by atoms with Crippen LogP contribution in [0.15, 0.2) is 48.5 Å². The molecule has 0 radical (unpaired) electrons. The van der Waals surface area contributed by atoms with E-state index in [9.17, 15) is 9.18 Å². The highest BCUT2D eigenvalue weighted by atomic mass is 19.1. The average molecular weight is 340 g/mol. The highest BCUT2D eigenvalue weighted by Crippen LogP contribution is 2.29. The Kier molecular flexibility index (Phi) is 4.80. The van der Waals surface area contributed by atoms with Gasteiger partial charge in [-0.25, -0.2) is 4.39 Å². The van der Waals surface area contributed by atoms with Crippen molar-refractivity contribution in [3.05, 3.63) is 65.5 Å². The van der Waals surface area contributed by atoms with Gasteiger partial charge in [-0.3, -0.25) is 4.79 Å². The first kappa shape index (κ1) is 17.5. The average Bonchev–Trinajstić information content (AvgIpc) is 3.06. The van der Waals surface area contributed by atoms with Crippen LogP contribution in [0.5, 0.6) is 0 Å². The molecule has 0 aromatic heterocycles. The van der Waals surface area contributed by atoms with E-state index in [4.69, 9.17) is 0 Å². The normalized spacial score (nSPS) is 17.6. The first-order chi connectivity index (χ1) is 11.8. The molecule has 0 saturated carbocycles. The standard InChI is InChI=1S/C21H25FN2O/c1-15-4-10-19(11-5-15)23-21(2,3)20(25)24-13-12-17(14-24)16-6-8-18(22)9-7-16/h4-11,17,23H,12-14H2,1-3H3. The molecule has 1 heterocycles. The van der Waals surface area contributed by atoms with Gasteiger partial charge in [0.2, 0.25) is 5.91 Å². The number of anilines is 1. The molecule has 1 saturated heterocycles. The van der Waals surface area contributed by atoms with Crippen molar-refractivity contribution in [3.8, 4) is 0 Å². The molecule has 2 aromatic carbocycles. The number of carbonyl (C=O) groups excluding carboxylic acids is 1. The topological polar surface area (TPSA) is 32.3 Å². The maximum absolute atomic E-state index is 13.1. The van der Waals surface area contributed by atoms with Crippen molar-refractivity contribution in [2.45, 2.75) is 38.6 Å². The maximum Gasteiger partial charge on any atom is 0.247 e. The van der Waals surface area contributed by atoms with E-state index in [2.05, 4.69) is 5.32 Å². The quantitative estimate of drug-likeness (QED) is 0.898. The van der Waals surface area contributed by atoms with Gasteiger partial charge in [0, 0.05) is 24.7 Å². The largest absolute Gasteiger partial charge is 0.372 e. The van der Waals surface area contributed by atoms with E-state index in [0.29, 0.717) is 6.54 Å². The van der Waals surface area contributed by atoms with Crippen LogP contribution in [0.25, 0.3) is 0 Å². The molecule has 1 aliphatic rings. The van der Waals surface area contributed by atoms with Crippen LogP contribution in [0.1, 0.15) is 37.3 Å². The molecule has 1 atom stereocenters. The van der Waals surface area contributed by atoms with Crippen molar-refractivity contribution >= 4 is 11.6 Å². The third kappa shape index (κ3) is 4.01. The number of likely N-dealkylation sites (tertiary alicyclic amines) is 1. The predicted molar refractivity (Wildman–Crippen MR) is 99.2 cm³/mol. The highest BCUT2D eigenvalue weighted by molar-refractivity contribution is 5.88. The molecule has 2 aromatic rings. The number of halogens is 1. The van der Waals surface area contributed by atoms with Crippen molar-refractivity contribution in [2.24, 2.45) is 0 Å². The Hall–Kier alpha value is -2.36. The Labute approximate surface area is 148 Å². The van der Waals surface area contributed by atoms with Gasteiger partial charge in [-0.05, 0) is 57.0 Å². The first-order valence-corrected chi connectivity index (χ1v) is 8.75. The van der Waals surface area contributed by atoms with Gasteiger partial charge in [0.15, 0.2) is 0 Å². The lowest BCUT2D eigenvalue weighted by atomic mass is 9.98. The smallest absolute Gasteiger partial charge is 0.247 e. The summed E-state index contributed by atoms with van der Waals surface area (Å²) in [6.07, 6.45) is 0.915. The molecule has 0 aliphatic carbocycles. The van der Waals surface area contributed by atoms with E-state index >= 15 is 0 Å². The first-order valence-electron chi connectivity index (χ1n) is 8.75. The van der Waals surface area contributed by atoms with Gasteiger partial charge in [-0.2, -0.15) is 0 Å². The Bertz CT molecular complexity index is 737. The fourth-order valence-corrected chi connectivity index (χ4v) is 3.40. The van der Waals surface area contributed by atoms with E-state index in [0.717, 1.165) is 24.2 Å². The van der Waals surface area contributed by atoms with Crippen LogP contribution < -0.4 is 5.32 Å². The lowest BCUT2D eigenvalue weighted by molar-refractivity contribution is -0.133. The number of aryl methyl sites for hydroxylation is 1. The molecule has 4 heteroatoms. The number of hydrogen-bond acceptors (Lipinski definition) is 2. The number of carbonyl (C=O) groups is 1. The Morgan fingerprint density at radius 1 is 1.12 bits per heavy atom. The zero-order valence-corrected chi connectivity index (χ0v) is 15.1. The number of amides is 1. The second-order valence-corrected chi connectivity index (χ2v) is 7.40. The number of rotatable bonds is 4. The van der Waals surface area contributed by atoms with Crippen LogP contribution in [0.2, 0.25) is 0 Å². The maximum atomic E-state index is 13.1. The lowest BCUT2D eigenvalue weighted by Gasteiger charge is -2.31. The minimum atomic E-state index is -0.674. The van der Waals surface area contributed by atoms with E-state index in [1.165, 1.54) is 17.7 Å². The molecular weight excluding hydrogens is 315 g/mol. The Morgan fingerprint density at radius 2 is 1.76 bits per heavy atom. The van der Waals surface area contributed by atoms with Crippen LogP contribution >= 0.6 is 0 Å². The Balaban J connectivity index is 1.66. The van der Waals surface area contributed by atoms with Crippen LogP contribution in [0.3, 0.4) is 0 Å². The summed E-state index contributed by atoms with van der Waals surface area (Å²) in [4.78, 5) is 14.9. The molecule has 0 bridgehead atoms. The van der Waals surface area contributed by atoms with Gasteiger partial charge in [0.25, 0.3) is 0 Å². The van der Waals surface area contributed by atoms with Crippen molar-refractivity contribution in [1.29, 1.82) is 0 Å². The van der Waals surface area contributed by atoms with Gasteiger partial charge in [-0.1, -0.05) is 29.8 Å².